The van der Waals surface area contributed by atoms with Gasteiger partial charge in [-0.2, -0.15) is 5.10 Å². The summed E-state index contributed by atoms with van der Waals surface area (Å²) in [6.07, 6.45) is 2.10. The molecule has 0 saturated heterocycles. The van der Waals surface area contributed by atoms with Crippen LogP contribution >= 0.6 is 11.8 Å². The highest BCUT2D eigenvalue weighted by Gasteiger charge is 2.18. The number of nitrogens with one attached hydrogen (secondary N) is 1. The Morgan fingerprint density at radius 3 is 2.77 bits per heavy atom. The van der Waals surface area contributed by atoms with Gasteiger partial charge in [0, 0.05) is 18.7 Å². The lowest BCUT2D eigenvalue weighted by atomic mass is 10.2. The zero-order valence-corrected chi connectivity index (χ0v) is 15.5. The van der Waals surface area contributed by atoms with Gasteiger partial charge >= 0.3 is 6.09 Å². The number of nitro groups is 1. The normalized spacial score (nSPS) is 11.5. The minimum Gasteiger partial charge on any atom is -0.443 e. The van der Waals surface area contributed by atoms with Crippen LogP contribution in [0.3, 0.4) is 0 Å². The Morgan fingerprint density at radius 2 is 2.19 bits per heavy atom. The topological polar surface area (TPSA) is 125 Å². The fourth-order valence-corrected chi connectivity index (χ4v) is 2.62. The van der Waals surface area contributed by atoms with Crippen molar-refractivity contribution in [3.63, 3.8) is 0 Å². The smallest absolute Gasteiger partial charge is 0.428 e. The van der Waals surface area contributed by atoms with Crippen LogP contribution in [0.4, 0.5) is 10.5 Å². The Bertz CT molecular complexity index is 843. The van der Waals surface area contributed by atoms with Crippen LogP contribution < -0.4 is 5.43 Å². The third-order valence-corrected chi connectivity index (χ3v) is 3.94. The summed E-state index contributed by atoms with van der Waals surface area (Å²) in [6, 6.07) is 4.59. The second-order valence-corrected chi connectivity index (χ2v) is 7.19. The molecule has 0 aliphatic rings. The molecule has 1 N–H and O–H groups in total. The molecule has 1 heterocycles. The first-order chi connectivity index (χ1) is 12.2. The molecule has 26 heavy (non-hydrogen) atoms. The third-order valence-electron chi connectivity index (χ3n) is 2.82. The van der Waals surface area contributed by atoms with E-state index in [9.17, 15) is 14.9 Å². The van der Waals surface area contributed by atoms with Crippen LogP contribution in [0.5, 0.6) is 0 Å². The SMILES string of the molecule is Cn1cnnc1Sc1ccc(/C=N/NC(=O)OC(C)(C)C)cc1[N+](=O)[O-]. The van der Waals surface area contributed by atoms with Crippen LogP contribution in [0.15, 0.2) is 39.7 Å². The van der Waals surface area contributed by atoms with Crippen molar-refractivity contribution in [2.45, 2.75) is 36.4 Å². The van der Waals surface area contributed by atoms with Crippen molar-refractivity contribution in [3.8, 4) is 0 Å². The van der Waals surface area contributed by atoms with Crippen molar-refractivity contribution >= 4 is 29.8 Å². The zero-order chi connectivity index (χ0) is 19.3. The van der Waals surface area contributed by atoms with Gasteiger partial charge < -0.3 is 9.30 Å². The predicted molar refractivity (Wildman–Crippen MR) is 95.2 cm³/mol. The number of nitrogens with zero attached hydrogens (tertiary/aromatic N) is 5. The number of aromatic nitrogens is 3. The highest BCUT2D eigenvalue weighted by atomic mass is 32.2. The van der Waals surface area contributed by atoms with Crippen molar-refractivity contribution in [2.75, 3.05) is 0 Å². The molecule has 1 aromatic heterocycles. The first kappa shape index (κ1) is 19.4. The summed E-state index contributed by atoms with van der Waals surface area (Å²) in [6.45, 7) is 5.19. The molecule has 0 fully saturated rings. The highest BCUT2D eigenvalue weighted by molar-refractivity contribution is 7.99. The van der Waals surface area contributed by atoms with Crippen molar-refractivity contribution in [2.24, 2.45) is 12.1 Å². The second-order valence-electron chi connectivity index (χ2n) is 6.18. The molecular weight excluding hydrogens is 360 g/mol. The Morgan fingerprint density at radius 1 is 1.46 bits per heavy atom. The lowest BCUT2D eigenvalue weighted by molar-refractivity contribution is -0.387. The van der Waals surface area contributed by atoms with Gasteiger partial charge in [0.15, 0.2) is 5.16 Å². The monoisotopic (exact) mass is 378 g/mol. The summed E-state index contributed by atoms with van der Waals surface area (Å²) in [4.78, 5) is 22.8. The van der Waals surface area contributed by atoms with E-state index in [2.05, 4.69) is 20.7 Å². The molecule has 2 rings (SSSR count). The molecule has 0 spiro atoms. The number of hydrogen-bond donors (Lipinski definition) is 1. The van der Waals surface area contributed by atoms with Gasteiger partial charge in [-0.25, -0.2) is 10.2 Å². The molecule has 138 valence electrons. The van der Waals surface area contributed by atoms with Gasteiger partial charge in [0.2, 0.25) is 0 Å². The van der Waals surface area contributed by atoms with E-state index in [0.29, 0.717) is 15.6 Å². The highest BCUT2D eigenvalue weighted by Crippen LogP contribution is 2.33. The molecule has 0 bridgehead atoms. The fourth-order valence-electron chi connectivity index (χ4n) is 1.77. The minimum absolute atomic E-state index is 0.0979. The Hall–Kier alpha value is -2.95. The quantitative estimate of drug-likeness (QED) is 0.482. The van der Waals surface area contributed by atoms with E-state index in [-0.39, 0.29) is 5.69 Å². The van der Waals surface area contributed by atoms with Crippen LogP contribution in [0.25, 0.3) is 0 Å². The fraction of sp³-hybridized carbons (Fsp3) is 0.333. The van der Waals surface area contributed by atoms with E-state index >= 15 is 0 Å². The lowest BCUT2D eigenvalue weighted by Crippen LogP contribution is -2.29. The molecule has 0 atom stereocenters. The molecule has 11 heteroatoms. The number of aryl methyl sites for hydroxylation is 1. The molecule has 10 nitrogen and oxygen atoms in total. The maximum atomic E-state index is 11.5. The number of amides is 1. The molecule has 0 radical (unpaired) electrons. The number of rotatable bonds is 5. The lowest BCUT2D eigenvalue weighted by Gasteiger charge is -2.18. The maximum Gasteiger partial charge on any atom is 0.428 e. The summed E-state index contributed by atoms with van der Waals surface area (Å²) in [5.74, 6) is 0. The van der Waals surface area contributed by atoms with Gasteiger partial charge in [-0.3, -0.25) is 10.1 Å². The van der Waals surface area contributed by atoms with Crippen LogP contribution in [0.1, 0.15) is 26.3 Å². The Labute approximate surface area is 153 Å². The summed E-state index contributed by atoms with van der Waals surface area (Å²) in [5, 5.41) is 23.2. The van der Waals surface area contributed by atoms with Gasteiger partial charge in [0.05, 0.1) is 16.0 Å². The van der Waals surface area contributed by atoms with Crippen LogP contribution in [0.2, 0.25) is 0 Å². The molecule has 0 saturated carbocycles. The van der Waals surface area contributed by atoms with Gasteiger partial charge in [-0.15, -0.1) is 10.2 Å². The molecule has 1 aromatic carbocycles. The van der Waals surface area contributed by atoms with E-state index in [1.54, 1.807) is 44.5 Å². The van der Waals surface area contributed by atoms with Gasteiger partial charge in [0.25, 0.3) is 5.69 Å². The van der Waals surface area contributed by atoms with E-state index in [1.165, 1.54) is 18.6 Å². The Kier molecular flexibility index (Phi) is 5.93. The minimum atomic E-state index is -0.710. The van der Waals surface area contributed by atoms with E-state index < -0.39 is 16.6 Å². The Balaban J connectivity index is 2.12. The molecular formula is C15H18N6O4S. The number of hydrazone groups is 1. The van der Waals surface area contributed by atoms with Crippen LogP contribution in [0, 0.1) is 10.1 Å². The van der Waals surface area contributed by atoms with Crippen molar-refractivity contribution in [1.82, 2.24) is 20.2 Å². The molecule has 2 aromatic rings. The average molecular weight is 378 g/mol. The summed E-state index contributed by atoms with van der Waals surface area (Å²) in [7, 11) is 1.75. The van der Waals surface area contributed by atoms with Crippen LogP contribution in [-0.2, 0) is 11.8 Å². The largest absolute Gasteiger partial charge is 0.443 e. The molecule has 0 aliphatic heterocycles. The number of hydrogen-bond acceptors (Lipinski definition) is 8. The van der Waals surface area contributed by atoms with Crippen LogP contribution in [-0.4, -0.2) is 37.6 Å². The van der Waals surface area contributed by atoms with E-state index in [4.69, 9.17) is 4.74 Å². The summed E-state index contributed by atoms with van der Waals surface area (Å²) >= 11 is 1.13. The van der Waals surface area contributed by atoms with Crippen molar-refractivity contribution < 1.29 is 14.5 Å². The molecule has 1 amide bonds. The van der Waals surface area contributed by atoms with Gasteiger partial charge in [-0.1, -0.05) is 6.07 Å². The van der Waals surface area contributed by atoms with Gasteiger partial charge in [0.1, 0.15) is 11.9 Å². The van der Waals surface area contributed by atoms with E-state index in [0.717, 1.165) is 11.8 Å². The third kappa shape index (κ3) is 5.55. The van der Waals surface area contributed by atoms with Crippen molar-refractivity contribution in [3.05, 3.63) is 40.2 Å². The molecule has 0 unspecified atom stereocenters. The number of ether oxygens (including phenoxy) is 1. The number of benzene rings is 1. The zero-order valence-electron chi connectivity index (χ0n) is 14.7. The second kappa shape index (κ2) is 7.95. The summed E-state index contributed by atoms with van der Waals surface area (Å²) < 4.78 is 6.70. The van der Waals surface area contributed by atoms with Gasteiger partial charge in [-0.05, 0) is 38.6 Å². The average Bonchev–Trinajstić information content (AvgIpc) is 2.91. The standard InChI is InChI=1S/C15H18N6O4S/c1-15(2,3)25-14(22)19-16-8-10-5-6-12(11(7-10)21(23)24)26-13-18-17-9-20(13)4/h5-9H,1-4H3,(H,19,22)/b16-8+. The first-order valence-corrected chi connectivity index (χ1v) is 8.30. The first-order valence-electron chi connectivity index (χ1n) is 7.48. The maximum absolute atomic E-state index is 11.5. The number of carbonyl (C=O) groups excluding carboxylic acids is 1. The van der Waals surface area contributed by atoms with Crippen molar-refractivity contribution in [1.29, 1.82) is 0 Å². The van der Waals surface area contributed by atoms with E-state index in [1.807, 2.05) is 0 Å². The number of nitro benzene ring substituents is 1. The number of carbonyl (C=O) groups is 1. The molecule has 0 aliphatic carbocycles. The predicted octanol–water partition coefficient (Wildman–Crippen LogP) is 2.73. The summed E-state index contributed by atoms with van der Waals surface area (Å²) in [5.41, 5.74) is 1.92.